The van der Waals surface area contributed by atoms with Crippen LogP contribution < -0.4 is 4.90 Å². The van der Waals surface area contributed by atoms with Gasteiger partial charge >= 0.3 is 0 Å². The number of nitrogens with zero attached hydrogens (tertiary/aromatic N) is 3. The molecule has 1 rings (SSSR count). The highest BCUT2D eigenvalue weighted by Crippen LogP contribution is 2.15. The summed E-state index contributed by atoms with van der Waals surface area (Å²) in [4.78, 5) is 10.0. The van der Waals surface area contributed by atoms with Gasteiger partial charge in [0.2, 0.25) is 5.28 Å². The molecule has 0 unspecified atom stereocenters. The van der Waals surface area contributed by atoms with Gasteiger partial charge in [-0.15, -0.1) is 0 Å². The van der Waals surface area contributed by atoms with E-state index in [1.807, 2.05) is 18.9 Å². The summed E-state index contributed by atoms with van der Waals surface area (Å²) in [5.41, 5.74) is 1.05. The zero-order valence-electron chi connectivity index (χ0n) is 7.50. The van der Waals surface area contributed by atoms with E-state index in [9.17, 15) is 0 Å². The highest BCUT2D eigenvalue weighted by atomic mass is 35.5. The smallest absolute Gasteiger partial charge is 0.224 e. The lowest BCUT2D eigenvalue weighted by Crippen LogP contribution is -2.18. The van der Waals surface area contributed by atoms with Gasteiger partial charge < -0.3 is 4.90 Å². The Labute approximate surface area is 77.4 Å². The average molecular weight is 186 g/mol. The molecule has 0 saturated heterocycles. The van der Waals surface area contributed by atoms with Crippen LogP contribution in [0.5, 0.6) is 0 Å². The molecule has 0 amide bonds. The molecule has 1 aromatic heterocycles. The molecular formula is C8H12ClN3. The molecule has 4 heteroatoms. The highest BCUT2D eigenvalue weighted by Gasteiger charge is 2.05. The third-order valence-corrected chi connectivity index (χ3v) is 1.93. The topological polar surface area (TPSA) is 29.0 Å². The first-order chi connectivity index (χ1) is 5.65. The molecule has 0 fully saturated rings. The third-order valence-electron chi connectivity index (χ3n) is 1.75. The van der Waals surface area contributed by atoms with Gasteiger partial charge in [0.15, 0.2) is 0 Å². The largest absolute Gasteiger partial charge is 0.360 e. The molecule has 12 heavy (non-hydrogen) atoms. The molecule has 66 valence electrons. The van der Waals surface area contributed by atoms with Crippen molar-refractivity contribution in [1.82, 2.24) is 9.97 Å². The molecule has 0 bridgehead atoms. The van der Waals surface area contributed by atoms with E-state index in [4.69, 9.17) is 11.6 Å². The second kappa shape index (κ2) is 3.72. The van der Waals surface area contributed by atoms with Gasteiger partial charge in [-0.05, 0) is 25.4 Å². The predicted molar refractivity (Wildman–Crippen MR) is 50.7 cm³/mol. The lowest BCUT2D eigenvalue weighted by atomic mass is 10.3. The van der Waals surface area contributed by atoms with E-state index in [1.54, 1.807) is 6.20 Å². The normalized spacial score (nSPS) is 10.0. The molecule has 0 aliphatic heterocycles. The van der Waals surface area contributed by atoms with Gasteiger partial charge in [-0.2, -0.15) is 0 Å². The number of hydrogen-bond donors (Lipinski definition) is 0. The van der Waals surface area contributed by atoms with Crippen molar-refractivity contribution < 1.29 is 0 Å². The molecule has 3 nitrogen and oxygen atoms in total. The van der Waals surface area contributed by atoms with Gasteiger partial charge in [0.25, 0.3) is 0 Å². The molecule has 0 atom stereocenters. The number of rotatable bonds is 2. The van der Waals surface area contributed by atoms with Crippen molar-refractivity contribution in [2.75, 3.05) is 18.5 Å². The standard InChI is InChI=1S/C8H12ClN3/c1-4-12(3)7-6(2)5-10-8(9)11-7/h5H,4H2,1-3H3. The maximum atomic E-state index is 5.67. The van der Waals surface area contributed by atoms with Crippen LogP contribution in [0.15, 0.2) is 6.20 Å². The molecule has 0 N–H and O–H groups in total. The van der Waals surface area contributed by atoms with Crippen molar-refractivity contribution in [3.05, 3.63) is 17.0 Å². The van der Waals surface area contributed by atoms with E-state index in [2.05, 4.69) is 16.9 Å². The van der Waals surface area contributed by atoms with E-state index in [0.717, 1.165) is 17.9 Å². The Bertz CT molecular complexity index is 275. The monoisotopic (exact) mass is 185 g/mol. The number of aromatic nitrogens is 2. The Morgan fingerprint density at radius 2 is 2.25 bits per heavy atom. The lowest BCUT2D eigenvalue weighted by Gasteiger charge is -2.17. The molecule has 0 saturated carbocycles. The van der Waals surface area contributed by atoms with E-state index in [-0.39, 0.29) is 0 Å². The third kappa shape index (κ3) is 1.85. The minimum Gasteiger partial charge on any atom is -0.360 e. The van der Waals surface area contributed by atoms with Gasteiger partial charge in [-0.1, -0.05) is 0 Å². The lowest BCUT2D eigenvalue weighted by molar-refractivity contribution is 0.918. The predicted octanol–water partition coefficient (Wildman–Crippen LogP) is 1.89. The Kier molecular flexibility index (Phi) is 2.87. The zero-order chi connectivity index (χ0) is 9.14. The van der Waals surface area contributed by atoms with Crippen molar-refractivity contribution in [2.45, 2.75) is 13.8 Å². The summed E-state index contributed by atoms with van der Waals surface area (Å²) in [5, 5.41) is 0.302. The van der Waals surface area contributed by atoms with Crippen LogP contribution in [0.4, 0.5) is 5.82 Å². The van der Waals surface area contributed by atoms with Crippen LogP contribution in [0.2, 0.25) is 5.28 Å². The Balaban J connectivity index is 3.04. The molecule has 1 heterocycles. The second-order valence-corrected chi connectivity index (χ2v) is 3.00. The van der Waals surface area contributed by atoms with Gasteiger partial charge in [0.05, 0.1) is 0 Å². The maximum absolute atomic E-state index is 5.67. The molecule has 0 radical (unpaired) electrons. The zero-order valence-corrected chi connectivity index (χ0v) is 8.26. The van der Waals surface area contributed by atoms with Gasteiger partial charge in [-0.25, -0.2) is 9.97 Å². The molecule has 0 aliphatic rings. The maximum Gasteiger partial charge on any atom is 0.224 e. The van der Waals surface area contributed by atoms with Crippen molar-refractivity contribution in [1.29, 1.82) is 0 Å². The van der Waals surface area contributed by atoms with Crippen LogP contribution in [0, 0.1) is 6.92 Å². The van der Waals surface area contributed by atoms with Gasteiger partial charge in [0.1, 0.15) is 5.82 Å². The van der Waals surface area contributed by atoms with Crippen molar-refractivity contribution in [2.24, 2.45) is 0 Å². The molecule has 0 aliphatic carbocycles. The Hall–Kier alpha value is -0.830. The van der Waals surface area contributed by atoms with Gasteiger partial charge in [0, 0.05) is 25.4 Å². The van der Waals surface area contributed by atoms with Crippen molar-refractivity contribution in [3.8, 4) is 0 Å². The van der Waals surface area contributed by atoms with Crippen LogP contribution in [-0.2, 0) is 0 Å². The number of aryl methyl sites for hydroxylation is 1. The van der Waals surface area contributed by atoms with E-state index < -0.39 is 0 Å². The van der Waals surface area contributed by atoms with Crippen LogP contribution in [0.1, 0.15) is 12.5 Å². The molecule has 0 aromatic carbocycles. The fourth-order valence-electron chi connectivity index (χ4n) is 0.948. The summed E-state index contributed by atoms with van der Waals surface area (Å²) in [6, 6.07) is 0. The number of halogens is 1. The minimum atomic E-state index is 0.302. The fourth-order valence-corrected chi connectivity index (χ4v) is 1.08. The quantitative estimate of drug-likeness (QED) is 0.659. The summed E-state index contributed by atoms with van der Waals surface area (Å²) >= 11 is 5.67. The molecular weight excluding hydrogens is 174 g/mol. The van der Waals surface area contributed by atoms with E-state index >= 15 is 0 Å². The summed E-state index contributed by atoms with van der Waals surface area (Å²) < 4.78 is 0. The second-order valence-electron chi connectivity index (χ2n) is 2.66. The number of hydrogen-bond acceptors (Lipinski definition) is 3. The van der Waals surface area contributed by atoms with E-state index in [1.165, 1.54) is 0 Å². The summed E-state index contributed by atoms with van der Waals surface area (Å²) in [7, 11) is 1.98. The van der Waals surface area contributed by atoms with Crippen LogP contribution >= 0.6 is 11.6 Å². The van der Waals surface area contributed by atoms with Crippen molar-refractivity contribution in [3.63, 3.8) is 0 Å². The molecule has 1 aromatic rings. The Morgan fingerprint density at radius 1 is 1.58 bits per heavy atom. The van der Waals surface area contributed by atoms with Crippen LogP contribution in [0.25, 0.3) is 0 Å². The SMILES string of the molecule is CCN(C)c1nc(Cl)ncc1C. The first kappa shape index (κ1) is 9.26. The summed E-state index contributed by atoms with van der Waals surface area (Å²) in [5.74, 6) is 0.900. The van der Waals surface area contributed by atoms with Crippen LogP contribution in [0.3, 0.4) is 0 Å². The first-order valence-corrected chi connectivity index (χ1v) is 4.23. The Morgan fingerprint density at radius 3 is 2.83 bits per heavy atom. The number of anilines is 1. The summed E-state index contributed by atoms with van der Waals surface area (Å²) in [6.07, 6.45) is 1.73. The average Bonchev–Trinajstić information content (AvgIpc) is 2.08. The minimum absolute atomic E-state index is 0.302. The first-order valence-electron chi connectivity index (χ1n) is 3.85. The summed E-state index contributed by atoms with van der Waals surface area (Å²) in [6.45, 7) is 4.95. The molecule has 0 spiro atoms. The van der Waals surface area contributed by atoms with Gasteiger partial charge in [-0.3, -0.25) is 0 Å². The van der Waals surface area contributed by atoms with Crippen LogP contribution in [-0.4, -0.2) is 23.6 Å². The highest BCUT2D eigenvalue weighted by molar-refractivity contribution is 6.28. The van der Waals surface area contributed by atoms with Crippen molar-refractivity contribution >= 4 is 17.4 Å². The fraction of sp³-hybridized carbons (Fsp3) is 0.500. The van der Waals surface area contributed by atoms with E-state index in [0.29, 0.717) is 5.28 Å².